The summed E-state index contributed by atoms with van der Waals surface area (Å²) in [5, 5.41) is 3.58. The number of pyridine rings is 1. The number of nitrogens with one attached hydrogen (secondary N) is 1. The summed E-state index contributed by atoms with van der Waals surface area (Å²) < 4.78 is 0. The van der Waals surface area contributed by atoms with Crippen LogP contribution in [0.15, 0.2) is 24.4 Å². The van der Waals surface area contributed by atoms with Gasteiger partial charge >= 0.3 is 0 Å². The lowest BCUT2D eigenvalue weighted by Crippen LogP contribution is -2.35. The van der Waals surface area contributed by atoms with Crippen molar-refractivity contribution in [1.29, 1.82) is 0 Å². The van der Waals surface area contributed by atoms with E-state index in [1.165, 1.54) is 45.2 Å². The van der Waals surface area contributed by atoms with Gasteiger partial charge < -0.3 is 10.2 Å². The van der Waals surface area contributed by atoms with Crippen LogP contribution in [0.25, 0.3) is 0 Å². The molecule has 19 heavy (non-hydrogen) atoms. The van der Waals surface area contributed by atoms with Gasteiger partial charge in [0.05, 0.1) is 5.69 Å². The molecule has 0 saturated carbocycles. The second-order valence-electron chi connectivity index (χ2n) is 5.54. The molecular formula is C16H27N3. The number of aromatic nitrogens is 1. The van der Waals surface area contributed by atoms with Gasteiger partial charge in [0.25, 0.3) is 0 Å². The second-order valence-corrected chi connectivity index (χ2v) is 5.54. The molecule has 2 rings (SSSR count). The first-order valence-electron chi connectivity index (χ1n) is 7.73. The summed E-state index contributed by atoms with van der Waals surface area (Å²) in [5.41, 5.74) is 1.13. The third kappa shape index (κ3) is 5.29. The third-order valence-corrected chi connectivity index (χ3v) is 3.96. The highest BCUT2D eigenvalue weighted by Gasteiger charge is 2.09. The van der Waals surface area contributed by atoms with Crippen molar-refractivity contribution in [1.82, 2.24) is 15.2 Å². The number of hydrogen-bond acceptors (Lipinski definition) is 3. The molecule has 1 fully saturated rings. The zero-order chi connectivity index (χ0) is 13.3. The zero-order valence-corrected chi connectivity index (χ0v) is 12.1. The number of rotatable bonds is 5. The fourth-order valence-electron chi connectivity index (χ4n) is 2.71. The zero-order valence-electron chi connectivity index (χ0n) is 12.1. The standard InChI is InChI=1S/C16H27N3/c1-15(16-9-5-6-10-18-16)17-11-14-19-12-7-3-2-4-8-13-19/h5-6,9-10,15,17H,2-4,7-8,11-14H2,1H3/t15-/m1/s1. The molecule has 0 aliphatic carbocycles. The average Bonchev–Trinajstić information content (AvgIpc) is 2.42. The first-order valence-corrected chi connectivity index (χ1v) is 7.73. The summed E-state index contributed by atoms with van der Waals surface area (Å²) in [6.07, 6.45) is 8.86. The average molecular weight is 261 g/mol. The summed E-state index contributed by atoms with van der Waals surface area (Å²) in [4.78, 5) is 7.00. The monoisotopic (exact) mass is 261 g/mol. The summed E-state index contributed by atoms with van der Waals surface area (Å²) in [7, 11) is 0. The first-order chi connectivity index (χ1) is 9.36. The molecule has 2 heterocycles. The van der Waals surface area contributed by atoms with Gasteiger partial charge in [-0.25, -0.2) is 0 Å². The van der Waals surface area contributed by atoms with E-state index in [0.29, 0.717) is 6.04 Å². The maximum absolute atomic E-state index is 4.40. The van der Waals surface area contributed by atoms with Crippen molar-refractivity contribution in [2.75, 3.05) is 26.2 Å². The van der Waals surface area contributed by atoms with E-state index >= 15 is 0 Å². The molecule has 0 bridgehead atoms. The van der Waals surface area contributed by atoms with Gasteiger partial charge in [0.1, 0.15) is 0 Å². The van der Waals surface area contributed by atoms with Crippen molar-refractivity contribution in [3.8, 4) is 0 Å². The third-order valence-electron chi connectivity index (χ3n) is 3.96. The van der Waals surface area contributed by atoms with Gasteiger partial charge in [0.15, 0.2) is 0 Å². The summed E-state index contributed by atoms with van der Waals surface area (Å²) in [6.45, 7) is 6.96. The van der Waals surface area contributed by atoms with Gasteiger partial charge in [-0.15, -0.1) is 0 Å². The van der Waals surface area contributed by atoms with Gasteiger partial charge in [-0.1, -0.05) is 25.3 Å². The van der Waals surface area contributed by atoms with Gasteiger partial charge in [0, 0.05) is 25.3 Å². The predicted molar refractivity (Wildman–Crippen MR) is 80.2 cm³/mol. The number of nitrogens with zero attached hydrogens (tertiary/aromatic N) is 2. The lowest BCUT2D eigenvalue weighted by molar-refractivity contribution is 0.245. The van der Waals surface area contributed by atoms with Crippen LogP contribution < -0.4 is 5.32 Å². The Labute approximate surface area is 117 Å². The number of likely N-dealkylation sites (tertiary alicyclic amines) is 1. The van der Waals surface area contributed by atoms with Crippen LogP contribution in [0.3, 0.4) is 0 Å². The molecule has 1 N–H and O–H groups in total. The van der Waals surface area contributed by atoms with Crippen LogP contribution in [-0.4, -0.2) is 36.1 Å². The number of hydrogen-bond donors (Lipinski definition) is 1. The second kappa shape index (κ2) is 8.28. The Balaban J connectivity index is 1.67. The summed E-state index contributed by atoms with van der Waals surface area (Å²) in [5.74, 6) is 0. The maximum Gasteiger partial charge on any atom is 0.0570 e. The molecule has 106 valence electrons. The van der Waals surface area contributed by atoms with Crippen LogP contribution in [0.1, 0.15) is 50.8 Å². The highest BCUT2D eigenvalue weighted by Crippen LogP contribution is 2.10. The van der Waals surface area contributed by atoms with Crippen molar-refractivity contribution >= 4 is 0 Å². The molecular weight excluding hydrogens is 234 g/mol. The van der Waals surface area contributed by atoms with E-state index in [0.717, 1.165) is 18.8 Å². The molecule has 1 saturated heterocycles. The molecule has 0 radical (unpaired) electrons. The minimum absolute atomic E-state index is 0.343. The van der Waals surface area contributed by atoms with Crippen LogP contribution in [0, 0.1) is 0 Å². The maximum atomic E-state index is 4.40. The predicted octanol–water partition coefficient (Wildman–Crippen LogP) is 3.00. The largest absolute Gasteiger partial charge is 0.308 e. The lowest BCUT2D eigenvalue weighted by Gasteiger charge is -2.25. The molecule has 0 aromatic carbocycles. The van der Waals surface area contributed by atoms with Crippen molar-refractivity contribution < 1.29 is 0 Å². The molecule has 1 atom stereocenters. The van der Waals surface area contributed by atoms with Crippen LogP contribution in [0.5, 0.6) is 0 Å². The van der Waals surface area contributed by atoms with Crippen LogP contribution in [0.2, 0.25) is 0 Å². The molecule has 1 aromatic heterocycles. The molecule has 0 amide bonds. The molecule has 0 spiro atoms. The van der Waals surface area contributed by atoms with E-state index in [9.17, 15) is 0 Å². The first kappa shape index (κ1) is 14.5. The summed E-state index contributed by atoms with van der Waals surface area (Å²) in [6, 6.07) is 6.46. The molecule has 1 aliphatic heterocycles. The van der Waals surface area contributed by atoms with Crippen molar-refractivity contribution in [2.45, 2.75) is 45.1 Å². The van der Waals surface area contributed by atoms with Crippen LogP contribution in [-0.2, 0) is 0 Å². The Morgan fingerprint density at radius 2 is 1.89 bits per heavy atom. The molecule has 1 aromatic rings. The fraction of sp³-hybridized carbons (Fsp3) is 0.688. The summed E-state index contributed by atoms with van der Waals surface area (Å²) >= 11 is 0. The fourth-order valence-corrected chi connectivity index (χ4v) is 2.71. The quantitative estimate of drug-likeness (QED) is 0.883. The highest BCUT2D eigenvalue weighted by atomic mass is 15.1. The normalized spacial score (nSPS) is 19.6. The molecule has 3 nitrogen and oxygen atoms in total. The smallest absolute Gasteiger partial charge is 0.0570 e. The van der Waals surface area contributed by atoms with Crippen molar-refractivity contribution in [2.24, 2.45) is 0 Å². The molecule has 1 aliphatic rings. The highest BCUT2D eigenvalue weighted by molar-refractivity contribution is 5.07. The van der Waals surface area contributed by atoms with E-state index < -0.39 is 0 Å². The van der Waals surface area contributed by atoms with Crippen LogP contribution >= 0.6 is 0 Å². The van der Waals surface area contributed by atoms with Crippen molar-refractivity contribution in [3.63, 3.8) is 0 Å². The van der Waals surface area contributed by atoms with E-state index in [-0.39, 0.29) is 0 Å². The van der Waals surface area contributed by atoms with E-state index in [1.54, 1.807) is 0 Å². The Bertz CT molecular complexity index is 331. The van der Waals surface area contributed by atoms with Gasteiger partial charge in [-0.3, -0.25) is 4.98 Å². The SMILES string of the molecule is C[C@@H](NCCN1CCCCCCC1)c1ccccn1. The van der Waals surface area contributed by atoms with E-state index in [2.05, 4.69) is 34.3 Å². The lowest BCUT2D eigenvalue weighted by atomic mass is 10.1. The van der Waals surface area contributed by atoms with Crippen molar-refractivity contribution in [3.05, 3.63) is 30.1 Å². The van der Waals surface area contributed by atoms with Crippen LogP contribution in [0.4, 0.5) is 0 Å². The Hall–Kier alpha value is -0.930. The molecule has 3 heteroatoms. The molecule has 0 unspecified atom stereocenters. The Morgan fingerprint density at radius 3 is 2.58 bits per heavy atom. The Morgan fingerprint density at radius 1 is 1.16 bits per heavy atom. The minimum Gasteiger partial charge on any atom is -0.308 e. The Kier molecular flexibility index (Phi) is 6.31. The van der Waals surface area contributed by atoms with E-state index in [4.69, 9.17) is 0 Å². The minimum atomic E-state index is 0.343. The topological polar surface area (TPSA) is 28.2 Å². The van der Waals surface area contributed by atoms with E-state index in [1.807, 2.05) is 12.3 Å². The van der Waals surface area contributed by atoms with Gasteiger partial charge in [-0.2, -0.15) is 0 Å². The van der Waals surface area contributed by atoms with Gasteiger partial charge in [0.2, 0.25) is 0 Å². The van der Waals surface area contributed by atoms with Gasteiger partial charge in [-0.05, 0) is 45.0 Å².